The zero-order valence-electron chi connectivity index (χ0n) is 7.35. The Morgan fingerprint density at radius 2 is 2.18 bits per heavy atom. The van der Waals surface area contributed by atoms with Gasteiger partial charge in [0.25, 0.3) is 0 Å². The summed E-state index contributed by atoms with van der Waals surface area (Å²) in [6.07, 6.45) is 2.12. The van der Waals surface area contributed by atoms with Crippen LogP contribution in [-0.4, -0.2) is 17.3 Å². The molecule has 0 radical (unpaired) electrons. The van der Waals surface area contributed by atoms with E-state index < -0.39 is 5.60 Å². The summed E-state index contributed by atoms with van der Waals surface area (Å²) < 4.78 is 0. The van der Waals surface area contributed by atoms with Crippen LogP contribution < -0.4 is 5.73 Å². The number of rotatable bonds is 4. The molecule has 1 unspecified atom stereocenters. The van der Waals surface area contributed by atoms with Gasteiger partial charge in [0.2, 0.25) is 0 Å². The van der Waals surface area contributed by atoms with E-state index in [1.807, 2.05) is 6.92 Å². The van der Waals surface area contributed by atoms with Gasteiger partial charge in [-0.05, 0) is 19.8 Å². The van der Waals surface area contributed by atoms with Crippen LogP contribution in [0.2, 0.25) is 0 Å². The summed E-state index contributed by atoms with van der Waals surface area (Å²) >= 11 is 0. The zero-order valence-corrected chi connectivity index (χ0v) is 7.35. The van der Waals surface area contributed by atoms with Crippen LogP contribution in [0.5, 0.6) is 0 Å². The number of nitrogens with two attached hydrogens (primary N) is 1. The van der Waals surface area contributed by atoms with Crippen LogP contribution in [0.15, 0.2) is 0 Å². The van der Waals surface area contributed by atoms with Crippen molar-refractivity contribution in [3.8, 4) is 11.8 Å². The average molecular weight is 155 g/mol. The molecule has 0 aliphatic carbocycles. The van der Waals surface area contributed by atoms with E-state index >= 15 is 0 Å². The Bertz CT molecular complexity index is 151. The van der Waals surface area contributed by atoms with E-state index in [0.717, 1.165) is 6.42 Å². The van der Waals surface area contributed by atoms with E-state index in [0.29, 0.717) is 19.4 Å². The second kappa shape index (κ2) is 5.17. The summed E-state index contributed by atoms with van der Waals surface area (Å²) in [5, 5.41) is 9.66. The van der Waals surface area contributed by atoms with Crippen LogP contribution in [0.1, 0.15) is 33.1 Å². The molecule has 0 amide bonds. The maximum Gasteiger partial charge on any atom is 0.0775 e. The summed E-state index contributed by atoms with van der Waals surface area (Å²) in [5.41, 5.74) is 4.71. The Kier molecular flexibility index (Phi) is 4.93. The van der Waals surface area contributed by atoms with Gasteiger partial charge in [-0.25, -0.2) is 0 Å². The molecule has 0 saturated heterocycles. The van der Waals surface area contributed by atoms with E-state index in [-0.39, 0.29) is 0 Å². The Morgan fingerprint density at radius 3 is 2.55 bits per heavy atom. The number of hydrogen-bond donors (Lipinski definition) is 2. The molecule has 0 aliphatic heterocycles. The van der Waals surface area contributed by atoms with E-state index in [1.165, 1.54) is 0 Å². The molecule has 0 aromatic heterocycles. The molecule has 3 N–H and O–H groups in total. The van der Waals surface area contributed by atoms with Crippen LogP contribution in [0.3, 0.4) is 0 Å². The van der Waals surface area contributed by atoms with Crippen molar-refractivity contribution in [3.63, 3.8) is 0 Å². The standard InChI is InChI=1S/C9H17NO/c1-3-5-6-7-9(11,4-2)8-10/h11H,4,6-8,10H2,1-2H3. The summed E-state index contributed by atoms with van der Waals surface area (Å²) in [4.78, 5) is 0. The Balaban J connectivity index is 3.74. The minimum absolute atomic E-state index is 0.328. The van der Waals surface area contributed by atoms with Gasteiger partial charge in [0.05, 0.1) is 5.60 Å². The molecule has 0 heterocycles. The molecule has 0 fully saturated rings. The van der Waals surface area contributed by atoms with Gasteiger partial charge in [0.15, 0.2) is 0 Å². The second-order valence-electron chi connectivity index (χ2n) is 2.71. The summed E-state index contributed by atoms with van der Waals surface area (Å²) in [7, 11) is 0. The van der Waals surface area contributed by atoms with Gasteiger partial charge in [-0.2, -0.15) is 0 Å². The fourth-order valence-corrected chi connectivity index (χ4v) is 0.843. The van der Waals surface area contributed by atoms with E-state index in [2.05, 4.69) is 11.8 Å². The largest absolute Gasteiger partial charge is 0.389 e. The first kappa shape index (κ1) is 10.5. The zero-order chi connectivity index (χ0) is 8.74. The fraction of sp³-hybridized carbons (Fsp3) is 0.778. The molecule has 64 valence electrons. The lowest BCUT2D eigenvalue weighted by Crippen LogP contribution is -2.36. The summed E-state index contributed by atoms with van der Waals surface area (Å²) in [6.45, 7) is 4.06. The van der Waals surface area contributed by atoms with Gasteiger partial charge in [-0.3, -0.25) is 0 Å². The average Bonchev–Trinajstić information content (AvgIpc) is 2.05. The van der Waals surface area contributed by atoms with Crippen molar-refractivity contribution in [1.82, 2.24) is 0 Å². The third kappa shape index (κ3) is 4.02. The third-order valence-corrected chi connectivity index (χ3v) is 1.93. The SMILES string of the molecule is CC#CCCC(O)(CC)CN. The van der Waals surface area contributed by atoms with Crippen molar-refractivity contribution >= 4 is 0 Å². The Labute approximate surface area is 68.8 Å². The molecular formula is C9H17NO. The first-order valence-corrected chi connectivity index (χ1v) is 4.00. The van der Waals surface area contributed by atoms with Crippen molar-refractivity contribution in [3.05, 3.63) is 0 Å². The molecular weight excluding hydrogens is 138 g/mol. The minimum atomic E-state index is -0.691. The van der Waals surface area contributed by atoms with Gasteiger partial charge in [0.1, 0.15) is 0 Å². The van der Waals surface area contributed by atoms with Crippen molar-refractivity contribution in [1.29, 1.82) is 0 Å². The summed E-state index contributed by atoms with van der Waals surface area (Å²) in [5.74, 6) is 5.69. The van der Waals surface area contributed by atoms with Crippen LogP contribution >= 0.6 is 0 Å². The molecule has 0 aromatic rings. The maximum atomic E-state index is 9.66. The van der Waals surface area contributed by atoms with Crippen LogP contribution in [0, 0.1) is 11.8 Å². The molecule has 0 aliphatic rings. The molecule has 0 bridgehead atoms. The molecule has 11 heavy (non-hydrogen) atoms. The number of aliphatic hydroxyl groups is 1. The highest BCUT2D eigenvalue weighted by molar-refractivity contribution is 4.96. The first-order valence-electron chi connectivity index (χ1n) is 4.00. The van der Waals surface area contributed by atoms with Crippen molar-refractivity contribution in [2.75, 3.05) is 6.54 Å². The van der Waals surface area contributed by atoms with Gasteiger partial charge >= 0.3 is 0 Å². The second-order valence-corrected chi connectivity index (χ2v) is 2.71. The lowest BCUT2D eigenvalue weighted by Gasteiger charge is -2.23. The molecule has 0 saturated carbocycles. The quantitative estimate of drug-likeness (QED) is 0.592. The third-order valence-electron chi connectivity index (χ3n) is 1.93. The molecule has 0 rings (SSSR count). The molecule has 0 spiro atoms. The number of hydrogen-bond acceptors (Lipinski definition) is 2. The van der Waals surface area contributed by atoms with Crippen LogP contribution in [0.4, 0.5) is 0 Å². The predicted octanol–water partition coefficient (Wildman–Crippen LogP) is 0.890. The van der Waals surface area contributed by atoms with Crippen molar-refractivity contribution < 1.29 is 5.11 Å². The highest BCUT2D eigenvalue weighted by atomic mass is 16.3. The van der Waals surface area contributed by atoms with E-state index in [9.17, 15) is 5.11 Å². The van der Waals surface area contributed by atoms with Crippen LogP contribution in [0.25, 0.3) is 0 Å². The van der Waals surface area contributed by atoms with Crippen molar-refractivity contribution in [2.45, 2.75) is 38.7 Å². The maximum absolute atomic E-state index is 9.66. The molecule has 2 nitrogen and oxygen atoms in total. The lowest BCUT2D eigenvalue weighted by molar-refractivity contribution is 0.0379. The van der Waals surface area contributed by atoms with Gasteiger partial charge in [-0.1, -0.05) is 6.92 Å². The van der Waals surface area contributed by atoms with Gasteiger partial charge < -0.3 is 10.8 Å². The fourth-order valence-electron chi connectivity index (χ4n) is 0.843. The minimum Gasteiger partial charge on any atom is -0.389 e. The topological polar surface area (TPSA) is 46.2 Å². The lowest BCUT2D eigenvalue weighted by atomic mass is 9.95. The molecule has 0 aromatic carbocycles. The van der Waals surface area contributed by atoms with Crippen LogP contribution in [-0.2, 0) is 0 Å². The summed E-state index contributed by atoms with van der Waals surface area (Å²) in [6, 6.07) is 0. The van der Waals surface area contributed by atoms with Gasteiger partial charge in [0, 0.05) is 13.0 Å². The first-order chi connectivity index (χ1) is 5.18. The smallest absolute Gasteiger partial charge is 0.0775 e. The monoisotopic (exact) mass is 155 g/mol. The van der Waals surface area contributed by atoms with Gasteiger partial charge in [-0.15, -0.1) is 11.8 Å². The molecule has 2 heteroatoms. The predicted molar refractivity (Wildman–Crippen MR) is 47.0 cm³/mol. The Hall–Kier alpha value is -0.520. The highest BCUT2D eigenvalue weighted by Gasteiger charge is 2.20. The normalized spacial score (nSPS) is 14.9. The Morgan fingerprint density at radius 1 is 1.55 bits per heavy atom. The van der Waals surface area contributed by atoms with E-state index in [4.69, 9.17) is 5.73 Å². The highest BCUT2D eigenvalue weighted by Crippen LogP contribution is 2.14. The van der Waals surface area contributed by atoms with E-state index in [1.54, 1.807) is 6.92 Å². The van der Waals surface area contributed by atoms with Crippen molar-refractivity contribution in [2.24, 2.45) is 5.73 Å². The molecule has 1 atom stereocenters.